The third kappa shape index (κ3) is 3.00. The van der Waals surface area contributed by atoms with Gasteiger partial charge in [-0.2, -0.15) is 0 Å². The van der Waals surface area contributed by atoms with Gasteiger partial charge in [0.25, 0.3) is 0 Å². The van der Waals surface area contributed by atoms with Crippen LogP contribution >= 0.6 is 0 Å². The number of carbonyl (C=O) groups excluding carboxylic acids is 1. The van der Waals surface area contributed by atoms with Gasteiger partial charge in [0.1, 0.15) is 6.42 Å². The Morgan fingerprint density at radius 2 is 1.95 bits per heavy atom. The first-order chi connectivity index (χ1) is 9.58. The lowest BCUT2D eigenvalue weighted by atomic mass is 9.95. The van der Waals surface area contributed by atoms with Gasteiger partial charge in [-0.05, 0) is 37.5 Å². The maximum absolute atomic E-state index is 11.2. The van der Waals surface area contributed by atoms with Crippen molar-refractivity contribution in [3.8, 4) is 11.8 Å². The second-order valence-electron chi connectivity index (χ2n) is 4.75. The van der Waals surface area contributed by atoms with Crippen molar-refractivity contribution in [1.29, 1.82) is 0 Å². The molecule has 4 heteroatoms. The summed E-state index contributed by atoms with van der Waals surface area (Å²) in [5.74, 6) is 4.51. The minimum absolute atomic E-state index is 0.0641. The molecule has 1 N–H and O–H groups in total. The summed E-state index contributed by atoms with van der Waals surface area (Å²) in [7, 11) is 0. The molecule has 0 unspecified atom stereocenters. The monoisotopic (exact) mass is 272 g/mol. The molecule has 1 aliphatic carbocycles. The first-order valence-corrected chi connectivity index (χ1v) is 6.57. The summed E-state index contributed by atoms with van der Waals surface area (Å²) in [6.07, 6.45) is 1.45. The lowest BCUT2D eigenvalue weighted by Crippen LogP contribution is -2.19. The van der Waals surface area contributed by atoms with Crippen molar-refractivity contribution in [2.24, 2.45) is 0 Å². The Balaban J connectivity index is 2.01. The molecule has 0 bridgehead atoms. The summed E-state index contributed by atoms with van der Waals surface area (Å²) in [5, 5.41) is 9.20. The second kappa shape index (κ2) is 5.79. The number of carboxylic acid groups (broad SMARTS) is 1. The average Bonchev–Trinajstić information content (AvgIpc) is 3.21. The van der Waals surface area contributed by atoms with Gasteiger partial charge in [-0.3, -0.25) is 9.59 Å². The summed E-state index contributed by atoms with van der Waals surface area (Å²) in [4.78, 5) is 22.3. The maximum Gasteiger partial charge on any atom is 0.317 e. The van der Waals surface area contributed by atoms with Gasteiger partial charge in [0.2, 0.25) is 0 Å². The number of hydrogen-bond donors (Lipinski definition) is 1. The van der Waals surface area contributed by atoms with Gasteiger partial charge in [0.15, 0.2) is 0 Å². The Morgan fingerprint density at radius 1 is 1.30 bits per heavy atom. The van der Waals surface area contributed by atoms with Crippen LogP contribution in [0.1, 0.15) is 37.3 Å². The number of benzene rings is 1. The molecule has 0 atom stereocenters. The summed E-state index contributed by atoms with van der Waals surface area (Å²) >= 11 is 0. The van der Waals surface area contributed by atoms with E-state index in [0.717, 1.165) is 11.1 Å². The zero-order valence-electron chi connectivity index (χ0n) is 11.3. The summed E-state index contributed by atoms with van der Waals surface area (Å²) in [6.45, 7) is 2.10. The van der Waals surface area contributed by atoms with Crippen molar-refractivity contribution >= 4 is 11.9 Å². The fourth-order valence-electron chi connectivity index (χ4n) is 2.05. The molecule has 1 aliphatic rings. The highest BCUT2D eigenvalue weighted by Gasteiger charge is 2.51. The van der Waals surface area contributed by atoms with Crippen LogP contribution in [0.3, 0.4) is 0 Å². The molecule has 20 heavy (non-hydrogen) atoms. The first kappa shape index (κ1) is 14.1. The molecule has 0 spiro atoms. The number of ether oxygens (including phenoxy) is 1. The van der Waals surface area contributed by atoms with E-state index in [1.165, 1.54) is 0 Å². The van der Waals surface area contributed by atoms with Crippen molar-refractivity contribution < 1.29 is 19.4 Å². The van der Waals surface area contributed by atoms with E-state index in [2.05, 4.69) is 11.8 Å². The highest BCUT2D eigenvalue weighted by atomic mass is 16.5. The van der Waals surface area contributed by atoms with Gasteiger partial charge < -0.3 is 9.84 Å². The minimum atomic E-state index is -0.765. The van der Waals surface area contributed by atoms with Gasteiger partial charge in [0, 0.05) is 5.56 Å². The fourth-order valence-corrected chi connectivity index (χ4v) is 2.05. The molecule has 4 nitrogen and oxygen atoms in total. The molecule has 0 radical (unpaired) electrons. The van der Waals surface area contributed by atoms with Crippen LogP contribution in [0, 0.1) is 11.8 Å². The quantitative estimate of drug-likeness (QED) is 0.673. The number of carboxylic acids is 1. The van der Waals surface area contributed by atoms with Crippen molar-refractivity contribution in [2.75, 3.05) is 6.61 Å². The normalized spacial score (nSPS) is 14.8. The summed E-state index contributed by atoms with van der Waals surface area (Å²) < 4.78 is 4.77. The van der Waals surface area contributed by atoms with E-state index < -0.39 is 11.4 Å². The predicted molar refractivity (Wildman–Crippen MR) is 73.1 cm³/mol. The van der Waals surface area contributed by atoms with Crippen molar-refractivity contribution in [1.82, 2.24) is 0 Å². The van der Waals surface area contributed by atoms with Gasteiger partial charge >= 0.3 is 11.9 Å². The lowest BCUT2D eigenvalue weighted by Gasteiger charge is -2.09. The van der Waals surface area contributed by atoms with Crippen LogP contribution < -0.4 is 0 Å². The zero-order valence-corrected chi connectivity index (χ0v) is 11.3. The molecule has 1 saturated carbocycles. The molecule has 0 aromatic heterocycles. The number of rotatable bonds is 4. The van der Waals surface area contributed by atoms with Crippen molar-refractivity contribution in [2.45, 2.75) is 31.6 Å². The molecule has 0 saturated heterocycles. The molecule has 0 aliphatic heterocycles. The number of esters is 1. The van der Waals surface area contributed by atoms with Crippen LogP contribution in [0.4, 0.5) is 0 Å². The van der Waals surface area contributed by atoms with Crippen LogP contribution in [0.5, 0.6) is 0 Å². The summed E-state index contributed by atoms with van der Waals surface area (Å²) in [6, 6.07) is 7.18. The highest BCUT2D eigenvalue weighted by Crippen LogP contribution is 2.48. The average molecular weight is 272 g/mol. The molecule has 1 fully saturated rings. The molecule has 104 valence electrons. The second-order valence-corrected chi connectivity index (χ2v) is 4.75. The fraction of sp³-hybridized carbons (Fsp3) is 0.375. The van der Waals surface area contributed by atoms with Crippen molar-refractivity contribution in [3.05, 3.63) is 35.4 Å². The van der Waals surface area contributed by atoms with E-state index in [-0.39, 0.29) is 12.4 Å². The topological polar surface area (TPSA) is 63.6 Å². The van der Waals surface area contributed by atoms with Crippen LogP contribution in [0.25, 0.3) is 0 Å². The highest BCUT2D eigenvalue weighted by molar-refractivity contribution is 5.84. The standard InChI is InChI=1S/C16H16O4/c1-2-20-14(17)5-3-4-12-6-8-13(9-7-12)16(10-11-16)15(18)19/h6-9H,2,5,10-11H2,1H3,(H,18,19). The molecule has 1 aromatic carbocycles. The van der Waals surface area contributed by atoms with E-state index in [0.29, 0.717) is 19.4 Å². The van der Waals surface area contributed by atoms with E-state index in [9.17, 15) is 14.7 Å². The van der Waals surface area contributed by atoms with E-state index in [1.807, 2.05) is 0 Å². The SMILES string of the molecule is CCOC(=O)CC#Cc1ccc(C2(C(=O)O)CC2)cc1. The Bertz CT molecular complexity index is 571. The van der Waals surface area contributed by atoms with Gasteiger partial charge in [-0.25, -0.2) is 0 Å². The van der Waals surface area contributed by atoms with Crippen LogP contribution in [0.2, 0.25) is 0 Å². The maximum atomic E-state index is 11.2. The molecule has 0 amide bonds. The first-order valence-electron chi connectivity index (χ1n) is 6.57. The smallest absolute Gasteiger partial charge is 0.317 e. The van der Waals surface area contributed by atoms with Gasteiger partial charge in [-0.15, -0.1) is 0 Å². The Hall–Kier alpha value is -2.28. The molecular weight excluding hydrogens is 256 g/mol. The van der Waals surface area contributed by atoms with E-state index >= 15 is 0 Å². The van der Waals surface area contributed by atoms with Gasteiger partial charge in [-0.1, -0.05) is 24.0 Å². The summed E-state index contributed by atoms with van der Waals surface area (Å²) in [5.41, 5.74) is 0.900. The number of aliphatic carboxylic acids is 1. The molecular formula is C16H16O4. The Labute approximate surface area is 117 Å². The van der Waals surface area contributed by atoms with Crippen LogP contribution in [-0.4, -0.2) is 23.7 Å². The van der Waals surface area contributed by atoms with Crippen molar-refractivity contribution in [3.63, 3.8) is 0 Å². The minimum Gasteiger partial charge on any atom is -0.481 e. The molecule has 2 rings (SSSR count). The van der Waals surface area contributed by atoms with Gasteiger partial charge in [0.05, 0.1) is 12.0 Å². The Morgan fingerprint density at radius 3 is 2.45 bits per heavy atom. The third-order valence-corrected chi connectivity index (χ3v) is 3.37. The third-order valence-electron chi connectivity index (χ3n) is 3.37. The van der Waals surface area contributed by atoms with E-state index in [4.69, 9.17) is 4.74 Å². The predicted octanol–water partition coefficient (Wildman–Crippen LogP) is 2.11. The number of carbonyl (C=O) groups is 2. The van der Waals surface area contributed by atoms with Crippen LogP contribution in [-0.2, 0) is 19.7 Å². The largest absolute Gasteiger partial charge is 0.481 e. The molecule has 0 heterocycles. The number of hydrogen-bond acceptors (Lipinski definition) is 3. The van der Waals surface area contributed by atoms with Crippen LogP contribution in [0.15, 0.2) is 24.3 Å². The lowest BCUT2D eigenvalue weighted by molar-refractivity contribution is -0.142. The molecule has 1 aromatic rings. The Kier molecular flexibility index (Phi) is 4.09. The van der Waals surface area contributed by atoms with E-state index in [1.54, 1.807) is 31.2 Å². The zero-order chi connectivity index (χ0) is 14.6.